The van der Waals surface area contributed by atoms with Crippen LogP contribution in [0, 0.1) is 0 Å². The van der Waals surface area contributed by atoms with Crippen LogP contribution in [0.3, 0.4) is 0 Å². The van der Waals surface area contributed by atoms with Crippen molar-refractivity contribution in [3.05, 3.63) is 64.0 Å². The number of hydrogen-bond donors (Lipinski definition) is 1. The van der Waals surface area contributed by atoms with Crippen LogP contribution in [0.1, 0.15) is 28.6 Å². The first kappa shape index (κ1) is 20.8. The van der Waals surface area contributed by atoms with Crippen LogP contribution in [0.4, 0.5) is 5.13 Å². The van der Waals surface area contributed by atoms with Crippen molar-refractivity contribution < 1.29 is 14.3 Å². The van der Waals surface area contributed by atoms with Gasteiger partial charge in [0.25, 0.3) is 0 Å². The number of anilines is 1. The number of carbonyl (C=O) groups is 1. The Morgan fingerprint density at radius 2 is 2.07 bits per heavy atom. The maximum Gasteiger partial charge on any atom is 0.350 e. The maximum absolute atomic E-state index is 12.1. The zero-order valence-electron chi connectivity index (χ0n) is 16.0. The van der Waals surface area contributed by atoms with Gasteiger partial charge in [0.2, 0.25) is 5.13 Å². The summed E-state index contributed by atoms with van der Waals surface area (Å²) in [4.78, 5) is 17.0. The molecule has 0 radical (unpaired) electrons. The number of thiazole rings is 1. The third-order valence-corrected chi connectivity index (χ3v) is 5.07. The minimum Gasteiger partial charge on any atom is -0.492 e. The predicted molar refractivity (Wildman–Crippen MR) is 117 cm³/mol. The second-order valence-corrected chi connectivity index (χ2v) is 7.37. The molecule has 0 saturated heterocycles. The van der Waals surface area contributed by atoms with Crippen molar-refractivity contribution in [1.29, 1.82) is 0 Å². The number of ether oxygens (including phenoxy) is 2. The number of halogens is 1. The summed E-state index contributed by atoms with van der Waals surface area (Å²) >= 11 is 7.42. The molecule has 0 spiro atoms. The zero-order chi connectivity index (χ0) is 20.6. The molecular formula is C21H20ClN3O3S. The molecule has 1 aromatic heterocycles. The molecule has 1 N–H and O–H groups in total. The van der Waals surface area contributed by atoms with E-state index >= 15 is 0 Å². The molecule has 1 heterocycles. The lowest BCUT2D eigenvalue weighted by molar-refractivity contribution is 0.0607. The van der Waals surface area contributed by atoms with E-state index in [1.54, 1.807) is 12.3 Å². The Balaban J connectivity index is 1.76. The Kier molecular flexibility index (Phi) is 7.21. The SMILES string of the molecule is CCCOc1ccc(/C=N\Nc2nc(-c3ccccc3)c(C(=O)OC)s2)cc1Cl. The lowest BCUT2D eigenvalue weighted by Gasteiger charge is -2.06. The van der Waals surface area contributed by atoms with Crippen LogP contribution < -0.4 is 10.2 Å². The van der Waals surface area contributed by atoms with Crippen LogP contribution in [0.2, 0.25) is 5.02 Å². The number of esters is 1. The summed E-state index contributed by atoms with van der Waals surface area (Å²) < 4.78 is 10.4. The van der Waals surface area contributed by atoms with E-state index in [4.69, 9.17) is 21.1 Å². The van der Waals surface area contributed by atoms with Crippen molar-refractivity contribution in [2.75, 3.05) is 19.1 Å². The average Bonchev–Trinajstić information content (AvgIpc) is 3.17. The fraction of sp³-hybridized carbons (Fsp3) is 0.190. The molecule has 3 rings (SSSR count). The smallest absolute Gasteiger partial charge is 0.350 e. The number of carbonyl (C=O) groups excluding carboxylic acids is 1. The van der Waals surface area contributed by atoms with Gasteiger partial charge in [0.15, 0.2) is 0 Å². The van der Waals surface area contributed by atoms with Crippen LogP contribution in [0.25, 0.3) is 11.3 Å². The van der Waals surface area contributed by atoms with Gasteiger partial charge in [-0.2, -0.15) is 5.10 Å². The third kappa shape index (κ3) is 5.34. The molecule has 0 unspecified atom stereocenters. The van der Waals surface area contributed by atoms with Crippen LogP contribution in [0.5, 0.6) is 5.75 Å². The van der Waals surface area contributed by atoms with Crippen LogP contribution in [-0.4, -0.2) is 30.9 Å². The van der Waals surface area contributed by atoms with E-state index in [2.05, 4.69) is 15.5 Å². The van der Waals surface area contributed by atoms with Gasteiger partial charge < -0.3 is 9.47 Å². The molecule has 29 heavy (non-hydrogen) atoms. The number of benzene rings is 2. The van der Waals surface area contributed by atoms with Crippen molar-refractivity contribution in [2.24, 2.45) is 5.10 Å². The average molecular weight is 430 g/mol. The van der Waals surface area contributed by atoms with Gasteiger partial charge in [0.1, 0.15) is 10.6 Å². The molecule has 0 aliphatic rings. The molecular weight excluding hydrogens is 410 g/mol. The Bertz CT molecular complexity index is 1010. The van der Waals surface area contributed by atoms with E-state index in [0.29, 0.717) is 33.1 Å². The molecule has 150 valence electrons. The number of aromatic nitrogens is 1. The highest BCUT2D eigenvalue weighted by molar-refractivity contribution is 7.17. The van der Waals surface area contributed by atoms with Gasteiger partial charge in [-0.05, 0) is 30.2 Å². The van der Waals surface area contributed by atoms with Crippen molar-refractivity contribution >= 4 is 40.3 Å². The fourth-order valence-corrected chi connectivity index (χ4v) is 3.58. The van der Waals surface area contributed by atoms with Crippen molar-refractivity contribution in [3.63, 3.8) is 0 Å². The van der Waals surface area contributed by atoms with E-state index in [0.717, 1.165) is 17.5 Å². The second kappa shape index (κ2) is 10.0. The molecule has 2 aromatic carbocycles. The second-order valence-electron chi connectivity index (χ2n) is 5.96. The van der Waals surface area contributed by atoms with E-state index in [-0.39, 0.29) is 0 Å². The normalized spacial score (nSPS) is 10.9. The number of hydrogen-bond acceptors (Lipinski definition) is 7. The molecule has 0 amide bonds. The minimum absolute atomic E-state index is 0.414. The summed E-state index contributed by atoms with van der Waals surface area (Å²) in [7, 11) is 1.35. The molecule has 8 heteroatoms. The maximum atomic E-state index is 12.1. The Labute approximate surface area is 178 Å². The third-order valence-electron chi connectivity index (χ3n) is 3.84. The predicted octanol–water partition coefficient (Wildman–Crippen LogP) is 5.48. The number of nitrogens with one attached hydrogen (secondary N) is 1. The van der Waals surface area contributed by atoms with Crippen molar-refractivity contribution in [1.82, 2.24) is 4.98 Å². The first-order chi connectivity index (χ1) is 14.1. The standard InChI is InChI=1S/C21H20ClN3O3S/c1-3-11-28-17-10-9-14(12-16(17)22)13-23-25-21-24-18(15-7-5-4-6-8-15)19(29-21)20(26)27-2/h4-10,12-13H,3,11H2,1-2H3,(H,24,25)/b23-13-. The van der Waals surface area contributed by atoms with Crippen LogP contribution in [0.15, 0.2) is 53.6 Å². The van der Waals surface area contributed by atoms with Gasteiger partial charge >= 0.3 is 5.97 Å². The summed E-state index contributed by atoms with van der Waals surface area (Å²) in [5.41, 5.74) is 5.06. The Hall–Kier alpha value is -2.90. The van der Waals surface area contributed by atoms with Crippen molar-refractivity contribution in [2.45, 2.75) is 13.3 Å². The summed E-state index contributed by atoms with van der Waals surface area (Å²) in [6.45, 7) is 2.65. The number of methoxy groups -OCH3 is 1. The van der Waals surface area contributed by atoms with E-state index in [9.17, 15) is 4.79 Å². The quantitative estimate of drug-likeness (QED) is 0.291. The van der Waals surface area contributed by atoms with E-state index in [1.165, 1.54) is 18.4 Å². The highest BCUT2D eigenvalue weighted by Crippen LogP contribution is 2.31. The first-order valence-corrected chi connectivity index (χ1v) is 10.2. The van der Waals surface area contributed by atoms with Gasteiger partial charge in [-0.15, -0.1) is 0 Å². The molecule has 0 aliphatic carbocycles. The molecule has 0 aliphatic heterocycles. The summed E-state index contributed by atoms with van der Waals surface area (Å²) in [5, 5.41) is 5.20. The number of nitrogens with zero attached hydrogens (tertiary/aromatic N) is 2. The molecule has 0 atom stereocenters. The minimum atomic E-state index is -0.437. The molecule has 6 nitrogen and oxygen atoms in total. The van der Waals surface area contributed by atoms with Crippen LogP contribution in [-0.2, 0) is 4.74 Å². The van der Waals surface area contributed by atoms with Gasteiger partial charge in [-0.25, -0.2) is 9.78 Å². The van der Waals surface area contributed by atoms with Gasteiger partial charge in [0, 0.05) is 5.56 Å². The first-order valence-electron chi connectivity index (χ1n) is 8.98. The molecule has 0 saturated carbocycles. The molecule has 3 aromatic rings. The van der Waals surface area contributed by atoms with E-state index in [1.807, 2.05) is 49.4 Å². The highest BCUT2D eigenvalue weighted by Gasteiger charge is 2.19. The van der Waals surface area contributed by atoms with Gasteiger partial charge in [-0.3, -0.25) is 5.43 Å². The van der Waals surface area contributed by atoms with E-state index < -0.39 is 5.97 Å². The summed E-state index contributed by atoms with van der Waals surface area (Å²) in [6.07, 6.45) is 2.53. The fourth-order valence-electron chi connectivity index (χ4n) is 2.48. The lowest BCUT2D eigenvalue weighted by Crippen LogP contribution is -2.00. The summed E-state index contributed by atoms with van der Waals surface area (Å²) in [6, 6.07) is 14.9. The highest BCUT2D eigenvalue weighted by atomic mass is 35.5. The largest absolute Gasteiger partial charge is 0.492 e. The monoisotopic (exact) mass is 429 g/mol. The summed E-state index contributed by atoms with van der Waals surface area (Å²) in [5.74, 6) is 0.210. The topological polar surface area (TPSA) is 72.8 Å². The zero-order valence-corrected chi connectivity index (χ0v) is 17.6. The number of rotatable bonds is 8. The molecule has 0 fully saturated rings. The van der Waals surface area contributed by atoms with Crippen molar-refractivity contribution in [3.8, 4) is 17.0 Å². The van der Waals surface area contributed by atoms with Crippen LogP contribution >= 0.6 is 22.9 Å². The van der Waals surface area contributed by atoms with Gasteiger partial charge in [0.05, 0.1) is 30.6 Å². The van der Waals surface area contributed by atoms with Gasteiger partial charge in [-0.1, -0.05) is 60.2 Å². The number of hydrazone groups is 1. The lowest BCUT2D eigenvalue weighted by atomic mass is 10.1. The Morgan fingerprint density at radius 3 is 2.76 bits per heavy atom. The Morgan fingerprint density at radius 1 is 1.28 bits per heavy atom. The molecule has 0 bridgehead atoms.